The Morgan fingerprint density at radius 2 is 2.00 bits per heavy atom. The third kappa shape index (κ3) is 3.49. The number of benzene rings is 1. The van der Waals surface area contributed by atoms with Crippen LogP contribution in [0.2, 0.25) is 0 Å². The lowest BCUT2D eigenvalue weighted by Gasteiger charge is -2.11. The summed E-state index contributed by atoms with van der Waals surface area (Å²) in [6.45, 7) is 1.99. The second-order valence-corrected chi connectivity index (χ2v) is 6.70. The number of aromatic nitrogens is 5. The smallest absolute Gasteiger partial charge is 0.154 e. The van der Waals surface area contributed by atoms with Gasteiger partial charge in [0.15, 0.2) is 5.82 Å². The molecule has 1 atom stereocenters. The Bertz CT molecular complexity index is 1110. The van der Waals surface area contributed by atoms with Gasteiger partial charge in [0.05, 0.1) is 47.8 Å². The van der Waals surface area contributed by atoms with Crippen LogP contribution >= 0.6 is 0 Å². The maximum atomic E-state index is 9.36. The van der Waals surface area contributed by atoms with E-state index in [1.165, 1.54) is 0 Å². The fraction of sp³-hybridized carbons (Fsp3) is 0.238. The molecular formula is C21H22N6O. The van der Waals surface area contributed by atoms with Gasteiger partial charge >= 0.3 is 0 Å². The molecule has 1 aromatic carbocycles. The van der Waals surface area contributed by atoms with Crippen LogP contribution in [0.5, 0.6) is 0 Å². The molecule has 0 unspecified atom stereocenters. The summed E-state index contributed by atoms with van der Waals surface area (Å²) >= 11 is 0. The van der Waals surface area contributed by atoms with Gasteiger partial charge in [-0.1, -0.05) is 31.5 Å². The van der Waals surface area contributed by atoms with E-state index in [1.807, 2.05) is 30.3 Å². The molecule has 3 heterocycles. The fourth-order valence-corrected chi connectivity index (χ4v) is 3.19. The van der Waals surface area contributed by atoms with Gasteiger partial charge in [-0.05, 0) is 24.6 Å². The minimum absolute atomic E-state index is 0.112. The Morgan fingerprint density at radius 3 is 2.82 bits per heavy atom. The molecule has 28 heavy (non-hydrogen) atoms. The van der Waals surface area contributed by atoms with Gasteiger partial charge in [-0.25, -0.2) is 14.6 Å². The largest absolute Gasteiger partial charge is 0.390 e. The van der Waals surface area contributed by atoms with E-state index in [-0.39, 0.29) is 12.6 Å². The van der Waals surface area contributed by atoms with Crippen LogP contribution < -0.4 is 5.73 Å². The standard InChI is InChI=1S/C21H22N6O/c1-2-4-17(22)19-12-23-11-18(26-19)14-7-8-15-10-24-27(20(15)9-14)21-6-3-5-16(13-28)25-21/h3,5-12,17,28H,2,4,13,22H2,1H3/t17-/m1/s1. The Morgan fingerprint density at radius 1 is 1.11 bits per heavy atom. The number of hydrogen-bond acceptors (Lipinski definition) is 6. The van der Waals surface area contributed by atoms with Crippen LogP contribution in [-0.4, -0.2) is 29.8 Å². The van der Waals surface area contributed by atoms with Gasteiger partial charge in [-0.3, -0.25) is 4.98 Å². The summed E-state index contributed by atoms with van der Waals surface area (Å²) in [5.41, 5.74) is 10.2. The third-order valence-corrected chi connectivity index (χ3v) is 4.67. The van der Waals surface area contributed by atoms with E-state index in [2.05, 4.69) is 22.0 Å². The average molecular weight is 374 g/mol. The van der Waals surface area contributed by atoms with Crippen molar-refractivity contribution in [2.24, 2.45) is 5.73 Å². The van der Waals surface area contributed by atoms with E-state index in [1.54, 1.807) is 29.3 Å². The predicted octanol–water partition coefficient (Wildman–Crippen LogP) is 3.17. The Hall–Kier alpha value is -3.16. The highest BCUT2D eigenvalue weighted by atomic mass is 16.3. The molecule has 142 valence electrons. The van der Waals surface area contributed by atoms with Crippen LogP contribution in [0.4, 0.5) is 0 Å². The molecule has 0 bridgehead atoms. The van der Waals surface area contributed by atoms with Gasteiger partial charge in [-0.15, -0.1) is 0 Å². The molecule has 4 rings (SSSR count). The van der Waals surface area contributed by atoms with Crippen molar-refractivity contribution >= 4 is 10.9 Å². The first-order valence-electron chi connectivity index (χ1n) is 9.32. The number of hydrogen-bond donors (Lipinski definition) is 2. The summed E-state index contributed by atoms with van der Waals surface area (Å²) in [7, 11) is 0. The lowest BCUT2D eigenvalue weighted by atomic mass is 10.1. The quantitative estimate of drug-likeness (QED) is 0.537. The highest BCUT2D eigenvalue weighted by Crippen LogP contribution is 2.25. The number of aliphatic hydroxyl groups excluding tert-OH is 1. The van der Waals surface area contributed by atoms with Crippen molar-refractivity contribution < 1.29 is 5.11 Å². The zero-order chi connectivity index (χ0) is 19.5. The molecule has 0 saturated heterocycles. The molecular weight excluding hydrogens is 352 g/mol. The number of fused-ring (bicyclic) bond motifs is 1. The van der Waals surface area contributed by atoms with Crippen molar-refractivity contribution in [3.05, 3.63) is 66.4 Å². The van der Waals surface area contributed by atoms with Crippen LogP contribution in [0.15, 0.2) is 55.0 Å². The second-order valence-electron chi connectivity index (χ2n) is 6.70. The Kier molecular flexibility index (Phi) is 5.10. The van der Waals surface area contributed by atoms with E-state index in [9.17, 15) is 5.11 Å². The molecule has 0 amide bonds. The van der Waals surface area contributed by atoms with Crippen molar-refractivity contribution in [1.82, 2.24) is 24.7 Å². The summed E-state index contributed by atoms with van der Waals surface area (Å²) in [5.74, 6) is 0.656. The minimum Gasteiger partial charge on any atom is -0.390 e. The summed E-state index contributed by atoms with van der Waals surface area (Å²) in [6.07, 6.45) is 7.15. The molecule has 7 heteroatoms. The second kappa shape index (κ2) is 7.84. The molecule has 0 spiro atoms. The van der Waals surface area contributed by atoms with E-state index in [4.69, 9.17) is 10.7 Å². The van der Waals surface area contributed by atoms with Gasteiger partial charge in [0.1, 0.15) is 0 Å². The molecule has 0 saturated carbocycles. The molecule has 0 fully saturated rings. The number of rotatable bonds is 6. The number of nitrogens with two attached hydrogens (primary N) is 1. The van der Waals surface area contributed by atoms with Gasteiger partial charge in [0.25, 0.3) is 0 Å². The van der Waals surface area contributed by atoms with Crippen molar-refractivity contribution in [3.63, 3.8) is 0 Å². The van der Waals surface area contributed by atoms with E-state index < -0.39 is 0 Å². The average Bonchev–Trinajstić information content (AvgIpc) is 3.17. The van der Waals surface area contributed by atoms with Crippen LogP contribution in [0, 0.1) is 0 Å². The molecule has 0 radical (unpaired) electrons. The highest BCUT2D eigenvalue weighted by molar-refractivity contribution is 5.84. The molecule has 0 aliphatic carbocycles. The lowest BCUT2D eigenvalue weighted by Crippen LogP contribution is -2.12. The van der Waals surface area contributed by atoms with Crippen LogP contribution in [0.1, 0.15) is 37.2 Å². The predicted molar refractivity (Wildman–Crippen MR) is 108 cm³/mol. The third-order valence-electron chi connectivity index (χ3n) is 4.67. The van der Waals surface area contributed by atoms with Crippen molar-refractivity contribution in [1.29, 1.82) is 0 Å². The Balaban J connectivity index is 1.77. The maximum absolute atomic E-state index is 9.36. The molecule has 7 nitrogen and oxygen atoms in total. The zero-order valence-electron chi connectivity index (χ0n) is 15.7. The first kappa shape index (κ1) is 18.2. The van der Waals surface area contributed by atoms with Crippen molar-refractivity contribution in [3.8, 4) is 17.1 Å². The number of nitrogens with zero attached hydrogens (tertiary/aromatic N) is 5. The summed E-state index contributed by atoms with van der Waals surface area (Å²) in [6, 6.07) is 11.4. The SMILES string of the molecule is CCC[C@@H](N)c1cncc(-c2ccc3cnn(-c4cccc(CO)n4)c3c2)n1. The first-order valence-corrected chi connectivity index (χ1v) is 9.32. The summed E-state index contributed by atoms with van der Waals surface area (Å²) in [5, 5.41) is 14.8. The maximum Gasteiger partial charge on any atom is 0.154 e. The van der Waals surface area contributed by atoms with Crippen molar-refractivity contribution in [2.75, 3.05) is 0 Å². The van der Waals surface area contributed by atoms with Gasteiger partial charge in [0, 0.05) is 17.0 Å². The fourth-order valence-electron chi connectivity index (χ4n) is 3.19. The van der Waals surface area contributed by atoms with E-state index >= 15 is 0 Å². The number of pyridine rings is 1. The molecule has 3 N–H and O–H groups in total. The lowest BCUT2D eigenvalue weighted by molar-refractivity contribution is 0.276. The zero-order valence-corrected chi connectivity index (χ0v) is 15.7. The molecule has 0 aliphatic heterocycles. The normalized spacial score (nSPS) is 12.4. The molecule has 3 aromatic heterocycles. The van der Waals surface area contributed by atoms with Crippen LogP contribution in [0.25, 0.3) is 28.0 Å². The van der Waals surface area contributed by atoms with E-state index in [0.717, 1.165) is 40.7 Å². The Labute approximate surface area is 162 Å². The van der Waals surface area contributed by atoms with Crippen LogP contribution in [0.3, 0.4) is 0 Å². The monoisotopic (exact) mass is 374 g/mol. The molecule has 4 aromatic rings. The van der Waals surface area contributed by atoms with Crippen LogP contribution in [-0.2, 0) is 6.61 Å². The molecule has 0 aliphatic rings. The van der Waals surface area contributed by atoms with E-state index in [0.29, 0.717) is 11.5 Å². The topological polar surface area (TPSA) is 103 Å². The highest BCUT2D eigenvalue weighted by Gasteiger charge is 2.12. The summed E-state index contributed by atoms with van der Waals surface area (Å²) in [4.78, 5) is 13.5. The van der Waals surface area contributed by atoms with Crippen molar-refractivity contribution in [2.45, 2.75) is 32.4 Å². The minimum atomic E-state index is -0.114. The number of aliphatic hydroxyl groups is 1. The van der Waals surface area contributed by atoms with Gasteiger partial charge < -0.3 is 10.8 Å². The summed E-state index contributed by atoms with van der Waals surface area (Å²) < 4.78 is 1.76. The van der Waals surface area contributed by atoms with Gasteiger partial charge in [-0.2, -0.15) is 5.10 Å². The first-order chi connectivity index (χ1) is 13.7. The van der Waals surface area contributed by atoms with Gasteiger partial charge in [0.2, 0.25) is 0 Å².